The molecule has 0 bridgehead atoms. The summed E-state index contributed by atoms with van der Waals surface area (Å²) in [6.07, 6.45) is 4.83. The molecule has 4 rings (SSSR count). The molecule has 10 heteroatoms. The Kier molecular flexibility index (Phi) is 7.37. The van der Waals surface area contributed by atoms with E-state index in [9.17, 15) is 9.59 Å². The van der Waals surface area contributed by atoms with Gasteiger partial charge in [-0.15, -0.1) is 0 Å². The van der Waals surface area contributed by atoms with Gasteiger partial charge in [0.2, 0.25) is 5.91 Å². The number of amides is 2. The summed E-state index contributed by atoms with van der Waals surface area (Å²) in [5, 5.41) is 5.01. The van der Waals surface area contributed by atoms with Crippen molar-refractivity contribution < 1.29 is 9.59 Å². The molecule has 0 aliphatic carbocycles. The van der Waals surface area contributed by atoms with Crippen molar-refractivity contribution in [3.8, 4) is 11.1 Å². The lowest BCUT2D eigenvalue weighted by Gasteiger charge is -2.43. The van der Waals surface area contributed by atoms with E-state index in [1.807, 2.05) is 37.2 Å². The van der Waals surface area contributed by atoms with Gasteiger partial charge in [0, 0.05) is 54.4 Å². The van der Waals surface area contributed by atoms with Gasteiger partial charge in [-0.2, -0.15) is 0 Å². The molecule has 1 aliphatic rings. The Hall–Kier alpha value is -3.04. The number of hydrogen-bond donors (Lipinski definition) is 2. The third kappa shape index (κ3) is 5.01. The molecule has 1 aliphatic heterocycles. The third-order valence-electron chi connectivity index (χ3n) is 5.95. The van der Waals surface area contributed by atoms with Crippen LogP contribution in [0.25, 0.3) is 22.0 Å². The van der Waals surface area contributed by atoms with Crippen LogP contribution in [0.1, 0.15) is 5.82 Å². The molecule has 2 amide bonds. The zero-order valence-corrected chi connectivity index (χ0v) is 21.0. The minimum atomic E-state index is -1.53. The lowest BCUT2D eigenvalue weighted by Crippen LogP contribution is -2.66. The highest BCUT2D eigenvalue weighted by atomic mass is 35.5. The minimum absolute atomic E-state index is 0.109. The number of primary amides is 1. The minimum Gasteiger partial charge on any atom is -0.367 e. The van der Waals surface area contributed by atoms with Gasteiger partial charge in [0.1, 0.15) is 0 Å². The lowest BCUT2D eigenvalue weighted by atomic mass is 9.91. The Labute approximate surface area is 213 Å². The molecule has 2 heterocycles. The quantitative estimate of drug-likeness (QED) is 0.492. The Morgan fingerprint density at radius 1 is 1.23 bits per heavy atom. The molecule has 1 fully saturated rings. The van der Waals surface area contributed by atoms with Crippen LogP contribution in [0.5, 0.6) is 0 Å². The van der Waals surface area contributed by atoms with E-state index in [1.165, 1.54) is 11.0 Å². The van der Waals surface area contributed by atoms with Gasteiger partial charge in [-0.1, -0.05) is 41.4 Å². The fourth-order valence-electron chi connectivity index (χ4n) is 4.13. The first kappa shape index (κ1) is 25.1. The Morgan fingerprint density at radius 3 is 2.66 bits per heavy atom. The SMILES string of the molecule is CN(C)C/C=C/C(=O)N1CCNCC1(C(N)=O)c1ncc2cc(-c3ccc(Cl)cc3)c(Cl)cc2n1. The van der Waals surface area contributed by atoms with Crippen LogP contribution in [0.3, 0.4) is 0 Å². The first-order chi connectivity index (χ1) is 16.7. The molecular formula is C25H26Cl2N6O2. The number of rotatable bonds is 6. The van der Waals surface area contributed by atoms with Crippen molar-refractivity contribution in [2.24, 2.45) is 5.73 Å². The average Bonchev–Trinajstić information content (AvgIpc) is 2.83. The zero-order chi connectivity index (χ0) is 25.2. The number of aromatic nitrogens is 2. The highest BCUT2D eigenvalue weighted by Gasteiger charge is 2.50. The molecule has 8 nitrogen and oxygen atoms in total. The van der Waals surface area contributed by atoms with Crippen LogP contribution >= 0.6 is 23.2 Å². The zero-order valence-electron chi connectivity index (χ0n) is 19.5. The van der Waals surface area contributed by atoms with E-state index in [1.54, 1.807) is 30.5 Å². The van der Waals surface area contributed by atoms with Crippen LogP contribution in [-0.4, -0.2) is 71.9 Å². The number of fused-ring (bicyclic) bond motifs is 1. The van der Waals surface area contributed by atoms with E-state index in [0.29, 0.717) is 28.7 Å². The first-order valence-electron chi connectivity index (χ1n) is 11.1. The second-order valence-electron chi connectivity index (χ2n) is 8.65. The molecule has 2 aromatic carbocycles. The van der Waals surface area contributed by atoms with Crippen LogP contribution in [-0.2, 0) is 15.1 Å². The van der Waals surface area contributed by atoms with E-state index in [4.69, 9.17) is 28.9 Å². The summed E-state index contributed by atoms with van der Waals surface area (Å²) >= 11 is 12.6. The smallest absolute Gasteiger partial charge is 0.252 e. The molecule has 0 saturated carbocycles. The van der Waals surface area contributed by atoms with Crippen molar-refractivity contribution in [1.82, 2.24) is 25.1 Å². The Bertz CT molecular complexity index is 1300. The van der Waals surface area contributed by atoms with E-state index < -0.39 is 11.4 Å². The predicted molar refractivity (Wildman–Crippen MR) is 138 cm³/mol. The van der Waals surface area contributed by atoms with Crippen molar-refractivity contribution in [2.75, 3.05) is 40.3 Å². The largest absolute Gasteiger partial charge is 0.367 e. The van der Waals surface area contributed by atoms with Crippen LogP contribution < -0.4 is 11.1 Å². The molecule has 1 unspecified atom stereocenters. The number of piperazine rings is 1. The second-order valence-corrected chi connectivity index (χ2v) is 9.49. The molecule has 0 radical (unpaired) electrons. The van der Waals surface area contributed by atoms with Gasteiger partial charge in [-0.05, 0) is 43.9 Å². The predicted octanol–water partition coefficient (Wildman–Crippen LogP) is 2.83. The number of hydrogen-bond acceptors (Lipinski definition) is 6. The van der Waals surface area contributed by atoms with Gasteiger partial charge in [0.15, 0.2) is 11.4 Å². The maximum absolute atomic E-state index is 13.1. The number of halogens is 2. The van der Waals surface area contributed by atoms with E-state index >= 15 is 0 Å². The molecule has 0 spiro atoms. The maximum Gasteiger partial charge on any atom is 0.252 e. The van der Waals surface area contributed by atoms with Crippen LogP contribution in [0, 0.1) is 0 Å². The molecule has 3 aromatic rings. The van der Waals surface area contributed by atoms with E-state index in [-0.39, 0.29) is 24.8 Å². The number of nitrogens with one attached hydrogen (secondary N) is 1. The molecule has 1 atom stereocenters. The normalized spacial score (nSPS) is 18.5. The summed E-state index contributed by atoms with van der Waals surface area (Å²) < 4.78 is 0. The molecule has 35 heavy (non-hydrogen) atoms. The molecule has 3 N–H and O–H groups in total. The fraction of sp³-hybridized carbons (Fsp3) is 0.280. The molecule has 1 saturated heterocycles. The van der Waals surface area contributed by atoms with Crippen molar-refractivity contribution in [1.29, 1.82) is 0 Å². The van der Waals surface area contributed by atoms with Gasteiger partial charge < -0.3 is 20.9 Å². The van der Waals surface area contributed by atoms with Gasteiger partial charge in [0.25, 0.3) is 5.91 Å². The van der Waals surface area contributed by atoms with Crippen molar-refractivity contribution in [2.45, 2.75) is 5.54 Å². The average molecular weight is 513 g/mol. The Balaban J connectivity index is 1.77. The highest BCUT2D eigenvalue weighted by Crippen LogP contribution is 2.34. The third-order valence-corrected chi connectivity index (χ3v) is 6.52. The molecule has 182 valence electrons. The standard InChI is InChI=1S/C25H26Cl2N6O2/c1-32(2)10-3-4-22(34)33-11-9-29-15-25(33,23(28)35)24-30-14-17-12-19(20(27)13-21(17)31-24)16-5-7-18(26)8-6-16/h3-8,12-14,29H,9-11,15H2,1-2H3,(H2,28,35)/b4-3+. The number of nitrogens with zero attached hydrogens (tertiary/aromatic N) is 4. The summed E-state index contributed by atoms with van der Waals surface area (Å²) in [6.45, 7) is 1.50. The monoisotopic (exact) mass is 512 g/mol. The summed E-state index contributed by atoms with van der Waals surface area (Å²) in [7, 11) is 3.81. The maximum atomic E-state index is 13.1. The number of likely N-dealkylation sites (N-methyl/N-ethyl adjacent to an activating group) is 1. The van der Waals surface area contributed by atoms with E-state index in [2.05, 4.69) is 15.3 Å². The van der Waals surface area contributed by atoms with Crippen molar-refractivity contribution in [3.63, 3.8) is 0 Å². The van der Waals surface area contributed by atoms with Crippen LogP contribution in [0.4, 0.5) is 0 Å². The highest BCUT2D eigenvalue weighted by molar-refractivity contribution is 6.34. The van der Waals surface area contributed by atoms with E-state index in [0.717, 1.165) is 16.5 Å². The number of carbonyl (C=O) groups is 2. The summed E-state index contributed by atoms with van der Waals surface area (Å²) in [6, 6.07) is 11.0. The van der Waals surface area contributed by atoms with Crippen molar-refractivity contribution >= 4 is 45.9 Å². The summed E-state index contributed by atoms with van der Waals surface area (Å²) in [5.41, 5.74) is 6.61. The lowest BCUT2D eigenvalue weighted by molar-refractivity contribution is -0.146. The summed E-state index contributed by atoms with van der Waals surface area (Å²) in [5.74, 6) is -0.886. The van der Waals surface area contributed by atoms with Crippen LogP contribution in [0.15, 0.2) is 54.7 Å². The molecule has 1 aromatic heterocycles. The Morgan fingerprint density at radius 2 is 1.97 bits per heavy atom. The van der Waals surface area contributed by atoms with Gasteiger partial charge in [-0.3, -0.25) is 9.59 Å². The molecular weight excluding hydrogens is 487 g/mol. The summed E-state index contributed by atoms with van der Waals surface area (Å²) in [4.78, 5) is 38.5. The second kappa shape index (κ2) is 10.3. The van der Waals surface area contributed by atoms with Gasteiger partial charge in [0.05, 0.1) is 10.5 Å². The number of nitrogens with two attached hydrogens (primary N) is 1. The first-order valence-corrected chi connectivity index (χ1v) is 11.8. The number of benzene rings is 2. The number of carbonyl (C=O) groups excluding carboxylic acids is 2. The van der Waals surface area contributed by atoms with Gasteiger partial charge in [-0.25, -0.2) is 9.97 Å². The van der Waals surface area contributed by atoms with Gasteiger partial charge >= 0.3 is 0 Å². The fourth-order valence-corrected chi connectivity index (χ4v) is 4.53. The topological polar surface area (TPSA) is 104 Å². The van der Waals surface area contributed by atoms with Crippen LogP contribution in [0.2, 0.25) is 10.0 Å². The van der Waals surface area contributed by atoms with Crippen molar-refractivity contribution in [3.05, 3.63) is 70.6 Å².